The minimum absolute atomic E-state index is 0.0594. The van der Waals surface area contributed by atoms with E-state index >= 15 is 0 Å². The fourth-order valence-electron chi connectivity index (χ4n) is 3.11. The number of methoxy groups -OCH3 is 1. The van der Waals surface area contributed by atoms with E-state index in [1.807, 2.05) is 31.2 Å². The third kappa shape index (κ3) is 4.37. The summed E-state index contributed by atoms with van der Waals surface area (Å²) >= 11 is 0. The van der Waals surface area contributed by atoms with Gasteiger partial charge in [0.05, 0.1) is 25.2 Å². The summed E-state index contributed by atoms with van der Waals surface area (Å²) in [6.07, 6.45) is 2.08. The maximum Gasteiger partial charge on any atom is 0.255 e. The number of pyridine rings is 1. The number of rotatable bonds is 7. The molecule has 0 aliphatic carbocycles. The molecule has 0 spiro atoms. The molecule has 3 heterocycles. The van der Waals surface area contributed by atoms with Crippen LogP contribution in [-0.4, -0.2) is 52.7 Å². The van der Waals surface area contributed by atoms with E-state index in [1.165, 1.54) is 13.3 Å². The second kappa shape index (κ2) is 8.30. The number of hydrogen-bond donors (Lipinski definition) is 0. The molecule has 1 amide bonds. The number of hydrogen-bond acceptors (Lipinski definition) is 7. The molecule has 0 N–H and O–H groups in total. The molecular formula is C21H22N4O4. The molecule has 8 heteroatoms. The van der Waals surface area contributed by atoms with Crippen LogP contribution in [0.3, 0.4) is 0 Å². The number of benzene rings is 1. The number of carbonyl (C=O) groups is 1. The normalized spacial score (nSPS) is 13.8. The molecule has 0 saturated carbocycles. The predicted octanol–water partition coefficient (Wildman–Crippen LogP) is 2.64. The fourth-order valence-corrected chi connectivity index (χ4v) is 3.11. The molecule has 0 radical (unpaired) electrons. The first kappa shape index (κ1) is 18.9. The SMILES string of the molecule is COc1ccc(C(=O)N2CC(c3nc(CCOc4cccc(C)c4)no3)C2)cn1. The number of likely N-dealkylation sites (tertiary alicyclic amines) is 1. The summed E-state index contributed by atoms with van der Waals surface area (Å²) in [6, 6.07) is 11.3. The van der Waals surface area contributed by atoms with Gasteiger partial charge in [-0.2, -0.15) is 4.98 Å². The lowest BCUT2D eigenvalue weighted by Gasteiger charge is -2.37. The van der Waals surface area contributed by atoms with Crippen molar-refractivity contribution in [2.45, 2.75) is 19.3 Å². The molecule has 4 rings (SSSR count). The number of ether oxygens (including phenoxy) is 2. The second-order valence-corrected chi connectivity index (χ2v) is 6.96. The first-order chi connectivity index (χ1) is 14.1. The lowest BCUT2D eigenvalue weighted by molar-refractivity contribution is 0.0568. The summed E-state index contributed by atoms with van der Waals surface area (Å²) in [6.45, 7) is 3.59. The van der Waals surface area contributed by atoms with Crippen molar-refractivity contribution < 1.29 is 18.8 Å². The third-order valence-corrected chi connectivity index (χ3v) is 4.78. The summed E-state index contributed by atoms with van der Waals surface area (Å²) < 4.78 is 16.1. The van der Waals surface area contributed by atoms with Crippen LogP contribution in [0.1, 0.15) is 33.6 Å². The molecule has 29 heavy (non-hydrogen) atoms. The van der Waals surface area contributed by atoms with Gasteiger partial charge in [-0.3, -0.25) is 4.79 Å². The van der Waals surface area contributed by atoms with Gasteiger partial charge in [0.1, 0.15) is 5.75 Å². The monoisotopic (exact) mass is 394 g/mol. The van der Waals surface area contributed by atoms with Gasteiger partial charge < -0.3 is 18.9 Å². The summed E-state index contributed by atoms with van der Waals surface area (Å²) in [5.41, 5.74) is 1.68. The largest absolute Gasteiger partial charge is 0.493 e. The van der Waals surface area contributed by atoms with Gasteiger partial charge in [0.2, 0.25) is 11.8 Å². The molecule has 0 atom stereocenters. The molecule has 8 nitrogen and oxygen atoms in total. The summed E-state index contributed by atoms with van der Waals surface area (Å²) in [4.78, 5) is 22.7. The van der Waals surface area contributed by atoms with Crippen LogP contribution in [0.4, 0.5) is 0 Å². The molecule has 0 bridgehead atoms. The minimum atomic E-state index is -0.0669. The van der Waals surface area contributed by atoms with Crippen molar-refractivity contribution in [2.24, 2.45) is 0 Å². The summed E-state index contributed by atoms with van der Waals surface area (Å²) in [5, 5.41) is 4.02. The topological polar surface area (TPSA) is 90.6 Å². The van der Waals surface area contributed by atoms with Gasteiger partial charge in [0, 0.05) is 31.8 Å². The van der Waals surface area contributed by atoms with Gasteiger partial charge >= 0.3 is 0 Å². The highest BCUT2D eigenvalue weighted by molar-refractivity contribution is 5.94. The van der Waals surface area contributed by atoms with Crippen LogP contribution in [0.5, 0.6) is 11.6 Å². The zero-order valence-electron chi connectivity index (χ0n) is 16.4. The smallest absolute Gasteiger partial charge is 0.255 e. The number of carbonyl (C=O) groups excluding carboxylic acids is 1. The Kier molecular flexibility index (Phi) is 5.41. The molecule has 150 valence electrons. The van der Waals surface area contributed by atoms with Crippen molar-refractivity contribution in [3.05, 3.63) is 65.4 Å². The van der Waals surface area contributed by atoms with Crippen molar-refractivity contribution in [3.63, 3.8) is 0 Å². The average Bonchev–Trinajstić information content (AvgIpc) is 3.15. The van der Waals surface area contributed by atoms with E-state index in [4.69, 9.17) is 14.0 Å². The van der Waals surface area contributed by atoms with Gasteiger partial charge in [-0.05, 0) is 30.7 Å². The predicted molar refractivity (Wildman–Crippen MR) is 104 cm³/mol. The second-order valence-electron chi connectivity index (χ2n) is 6.96. The van der Waals surface area contributed by atoms with Gasteiger partial charge in [0.25, 0.3) is 5.91 Å². The average molecular weight is 394 g/mol. The molecule has 1 fully saturated rings. The van der Waals surface area contributed by atoms with E-state index < -0.39 is 0 Å². The minimum Gasteiger partial charge on any atom is -0.493 e. The van der Waals surface area contributed by atoms with Gasteiger partial charge in [-0.25, -0.2) is 4.98 Å². The number of amides is 1. The zero-order valence-corrected chi connectivity index (χ0v) is 16.4. The number of nitrogens with zero attached hydrogens (tertiary/aromatic N) is 4. The van der Waals surface area contributed by atoms with Gasteiger partial charge in [0.15, 0.2) is 5.82 Å². The van der Waals surface area contributed by atoms with Crippen LogP contribution in [0.25, 0.3) is 0 Å². The highest BCUT2D eigenvalue weighted by atomic mass is 16.5. The quantitative estimate of drug-likeness (QED) is 0.608. The maximum absolute atomic E-state index is 12.5. The number of aromatic nitrogens is 3. The Hall–Kier alpha value is -3.42. The van der Waals surface area contributed by atoms with E-state index in [-0.39, 0.29) is 11.8 Å². The molecule has 1 aliphatic rings. The van der Waals surface area contributed by atoms with E-state index in [1.54, 1.807) is 17.0 Å². The van der Waals surface area contributed by atoms with E-state index in [0.29, 0.717) is 49.3 Å². The Morgan fingerprint density at radius 1 is 1.28 bits per heavy atom. The van der Waals surface area contributed by atoms with Crippen molar-refractivity contribution in [1.29, 1.82) is 0 Å². The zero-order chi connectivity index (χ0) is 20.2. The first-order valence-electron chi connectivity index (χ1n) is 9.43. The van der Waals surface area contributed by atoms with E-state index in [0.717, 1.165) is 11.3 Å². The first-order valence-corrected chi connectivity index (χ1v) is 9.43. The molecule has 1 aromatic carbocycles. The standard InChI is InChI=1S/C21H22N4O4/c1-14-4-3-5-17(10-14)28-9-8-18-23-20(29-24-18)16-12-25(13-16)21(26)15-6-7-19(27-2)22-11-15/h3-7,10-11,16H,8-9,12-13H2,1-2H3. The molecule has 1 saturated heterocycles. The molecule has 1 aliphatic heterocycles. The van der Waals surface area contributed by atoms with E-state index in [2.05, 4.69) is 15.1 Å². The van der Waals surface area contributed by atoms with Crippen LogP contribution in [0, 0.1) is 6.92 Å². The highest BCUT2D eigenvalue weighted by Crippen LogP contribution is 2.27. The number of aryl methyl sites for hydroxylation is 1. The third-order valence-electron chi connectivity index (χ3n) is 4.78. The van der Waals surface area contributed by atoms with Crippen molar-refractivity contribution in [3.8, 4) is 11.6 Å². The molecule has 3 aromatic rings. The van der Waals surface area contributed by atoms with Crippen molar-refractivity contribution >= 4 is 5.91 Å². The van der Waals surface area contributed by atoms with E-state index in [9.17, 15) is 4.79 Å². The Labute approximate surface area is 168 Å². The summed E-state index contributed by atoms with van der Waals surface area (Å²) in [7, 11) is 1.54. The highest BCUT2D eigenvalue weighted by Gasteiger charge is 2.36. The summed E-state index contributed by atoms with van der Waals surface area (Å²) in [5.74, 6) is 2.47. The lowest BCUT2D eigenvalue weighted by atomic mass is 9.99. The maximum atomic E-state index is 12.5. The molecule has 2 aromatic heterocycles. The van der Waals surface area contributed by atoms with Gasteiger partial charge in [-0.15, -0.1) is 0 Å². The van der Waals surface area contributed by atoms with Crippen LogP contribution < -0.4 is 9.47 Å². The Balaban J connectivity index is 1.26. The Bertz CT molecular complexity index is 980. The molecule has 0 unspecified atom stereocenters. The molecular weight excluding hydrogens is 372 g/mol. The Morgan fingerprint density at radius 2 is 2.14 bits per heavy atom. The van der Waals surface area contributed by atoms with Crippen molar-refractivity contribution in [2.75, 3.05) is 26.8 Å². The van der Waals surface area contributed by atoms with Crippen LogP contribution in [0.2, 0.25) is 0 Å². The van der Waals surface area contributed by atoms with Crippen LogP contribution >= 0.6 is 0 Å². The van der Waals surface area contributed by atoms with Gasteiger partial charge in [-0.1, -0.05) is 17.3 Å². The van der Waals surface area contributed by atoms with Crippen LogP contribution in [-0.2, 0) is 6.42 Å². The fraction of sp³-hybridized carbons (Fsp3) is 0.333. The van der Waals surface area contributed by atoms with Crippen LogP contribution in [0.15, 0.2) is 47.1 Å². The lowest BCUT2D eigenvalue weighted by Crippen LogP contribution is -2.48. The van der Waals surface area contributed by atoms with Crippen molar-refractivity contribution in [1.82, 2.24) is 20.0 Å². The Morgan fingerprint density at radius 3 is 2.86 bits per heavy atom.